The van der Waals surface area contributed by atoms with Crippen molar-refractivity contribution in [3.05, 3.63) is 48.0 Å². The van der Waals surface area contributed by atoms with Crippen LogP contribution in [0.4, 0.5) is 0 Å². The number of benzene rings is 2. The van der Waals surface area contributed by atoms with Crippen LogP contribution in [0.25, 0.3) is 0 Å². The lowest BCUT2D eigenvalue weighted by molar-refractivity contribution is -0.119. The van der Waals surface area contributed by atoms with Gasteiger partial charge in [-0.05, 0) is 49.4 Å². The van der Waals surface area contributed by atoms with Crippen LogP contribution in [0.2, 0.25) is 0 Å². The molecule has 2 aromatic rings. The average Bonchev–Trinajstić information content (AvgIpc) is 2.71. The van der Waals surface area contributed by atoms with Gasteiger partial charge < -0.3 is 24.6 Å². The zero-order valence-electron chi connectivity index (χ0n) is 15.7. The zero-order valence-corrected chi connectivity index (χ0v) is 16.5. The molecule has 0 aliphatic carbocycles. The van der Waals surface area contributed by atoms with Crippen LogP contribution in [0.1, 0.15) is 18.6 Å². The van der Waals surface area contributed by atoms with Gasteiger partial charge in [-0.3, -0.25) is 4.79 Å². The van der Waals surface area contributed by atoms with Crippen molar-refractivity contribution >= 4 is 17.7 Å². The van der Waals surface area contributed by atoms with E-state index < -0.39 is 6.10 Å². The summed E-state index contributed by atoms with van der Waals surface area (Å²) in [6.45, 7) is 2.64. The molecule has 0 aromatic heterocycles. The minimum Gasteiger partial charge on any atom is -0.497 e. The molecule has 0 spiro atoms. The van der Waals surface area contributed by atoms with Gasteiger partial charge in [0.25, 0.3) is 0 Å². The van der Waals surface area contributed by atoms with Gasteiger partial charge in [-0.15, -0.1) is 11.8 Å². The number of rotatable bonds is 10. The summed E-state index contributed by atoms with van der Waals surface area (Å²) in [4.78, 5) is 13.1. The molecule has 0 heterocycles. The van der Waals surface area contributed by atoms with E-state index in [1.807, 2.05) is 31.2 Å². The minimum atomic E-state index is -0.894. The highest BCUT2D eigenvalue weighted by molar-refractivity contribution is 8.00. The van der Waals surface area contributed by atoms with Gasteiger partial charge in [0, 0.05) is 17.0 Å². The second-order valence-electron chi connectivity index (χ2n) is 5.62. The normalized spacial score (nSPS) is 11.6. The summed E-state index contributed by atoms with van der Waals surface area (Å²) in [7, 11) is 3.09. The Bertz CT molecular complexity index is 736. The third kappa shape index (κ3) is 6.37. The van der Waals surface area contributed by atoms with Gasteiger partial charge in [-0.1, -0.05) is 0 Å². The highest BCUT2D eigenvalue weighted by atomic mass is 32.2. The summed E-state index contributed by atoms with van der Waals surface area (Å²) >= 11 is 1.42. The molecule has 7 heteroatoms. The van der Waals surface area contributed by atoms with E-state index in [-0.39, 0.29) is 18.2 Å². The quantitative estimate of drug-likeness (QED) is 0.606. The standard InChI is InChI=1S/C20H25NO5S/c1-4-26-14-5-8-16(9-6-14)27-13-20(23)21-12-18(22)17-11-15(24-2)7-10-19(17)25-3/h5-11,18,22H,4,12-13H2,1-3H3,(H,21,23). The highest BCUT2D eigenvalue weighted by Gasteiger charge is 2.15. The van der Waals surface area contributed by atoms with E-state index in [0.717, 1.165) is 10.6 Å². The SMILES string of the molecule is CCOc1ccc(SCC(=O)NCC(O)c2cc(OC)ccc2OC)cc1. The molecule has 146 valence electrons. The molecule has 1 unspecified atom stereocenters. The van der Waals surface area contributed by atoms with Gasteiger partial charge in [0.1, 0.15) is 17.2 Å². The van der Waals surface area contributed by atoms with Crippen LogP contribution in [0.3, 0.4) is 0 Å². The number of methoxy groups -OCH3 is 2. The van der Waals surface area contributed by atoms with Crippen molar-refractivity contribution in [2.45, 2.75) is 17.9 Å². The first-order valence-electron chi connectivity index (χ1n) is 8.59. The van der Waals surface area contributed by atoms with Crippen molar-refractivity contribution in [2.24, 2.45) is 0 Å². The molecule has 0 saturated carbocycles. The number of aliphatic hydroxyl groups excluding tert-OH is 1. The predicted molar refractivity (Wildman–Crippen MR) is 106 cm³/mol. The van der Waals surface area contributed by atoms with Crippen molar-refractivity contribution in [2.75, 3.05) is 33.1 Å². The Hall–Kier alpha value is -2.38. The lowest BCUT2D eigenvalue weighted by Gasteiger charge is -2.16. The van der Waals surface area contributed by atoms with Crippen LogP contribution in [0.5, 0.6) is 17.2 Å². The Morgan fingerprint density at radius 3 is 2.44 bits per heavy atom. The Balaban J connectivity index is 1.84. The van der Waals surface area contributed by atoms with Crippen molar-refractivity contribution in [3.8, 4) is 17.2 Å². The van der Waals surface area contributed by atoms with Crippen LogP contribution in [0, 0.1) is 0 Å². The molecule has 0 fully saturated rings. The molecule has 1 atom stereocenters. The van der Waals surface area contributed by atoms with Gasteiger partial charge in [0.15, 0.2) is 0 Å². The number of amides is 1. The second-order valence-corrected chi connectivity index (χ2v) is 6.67. The van der Waals surface area contributed by atoms with Crippen molar-refractivity contribution in [1.82, 2.24) is 5.32 Å². The smallest absolute Gasteiger partial charge is 0.230 e. The molecular formula is C20H25NO5S. The number of hydrogen-bond donors (Lipinski definition) is 2. The summed E-state index contributed by atoms with van der Waals surface area (Å²) < 4.78 is 15.8. The first kappa shape index (κ1) is 20.9. The zero-order chi connectivity index (χ0) is 19.6. The maximum atomic E-state index is 12.1. The fraction of sp³-hybridized carbons (Fsp3) is 0.350. The molecule has 2 rings (SSSR count). The van der Waals surface area contributed by atoms with Gasteiger partial charge in [0.05, 0.1) is 32.7 Å². The summed E-state index contributed by atoms with van der Waals surface area (Å²) in [6.07, 6.45) is -0.894. The van der Waals surface area contributed by atoms with Gasteiger partial charge in [-0.2, -0.15) is 0 Å². The lowest BCUT2D eigenvalue weighted by atomic mass is 10.1. The van der Waals surface area contributed by atoms with Gasteiger partial charge in [-0.25, -0.2) is 0 Å². The van der Waals surface area contributed by atoms with Crippen LogP contribution in [0.15, 0.2) is 47.4 Å². The largest absolute Gasteiger partial charge is 0.497 e. The van der Waals surface area contributed by atoms with E-state index in [4.69, 9.17) is 14.2 Å². The van der Waals surface area contributed by atoms with Crippen molar-refractivity contribution < 1.29 is 24.1 Å². The molecule has 27 heavy (non-hydrogen) atoms. The lowest BCUT2D eigenvalue weighted by Crippen LogP contribution is -2.29. The van der Waals surface area contributed by atoms with Crippen LogP contribution in [-0.2, 0) is 4.79 Å². The summed E-state index contributed by atoms with van der Waals surface area (Å²) in [6, 6.07) is 12.8. The number of carbonyl (C=O) groups excluding carboxylic acids is 1. The Morgan fingerprint density at radius 2 is 1.81 bits per heavy atom. The molecule has 6 nitrogen and oxygen atoms in total. The molecule has 2 N–H and O–H groups in total. The van der Waals surface area contributed by atoms with E-state index in [1.54, 1.807) is 25.3 Å². The summed E-state index contributed by atoms with van der Waals surface area (Å²) in [5.41, 5.74) is 0.566. The molecular weight excluding hydrogens is 366 g/mol. The molecule has 1 amide bonds. The number of hydrogen-bond acceptors (Lipinski definition) is 6. The average molecular weight is 391 g/mol. The fourth-order valence-electron chi connectivity index (χ4n) is 2.42. The van der Waals surface area contributed by atoms with Crippen LogP contribution >= 0.6 is 11.8 Å². The summed E-state index contributed by atoms with van der Waals surface area (Å²) in [5.74, 6) is 2.07. The topological polar surface area (TPSA) is 77.0 Å². The Kier molecular flexibility index (Phi) is 8.29. The number of aliphatic hydroxyl groups is 1. The Labute approximate surface area is 163 Å². The molecule has 0 radical (unpaired) electrons. The fourth-order valence-corrected chi connectivity index (χ4v) is 3.15. The summed E-state index contributed by atoms with van der Waals surface area (Å²) in [5, 5.41) is 13.1. The first-order chi connectivity index (χ1) is 13.1. The van der Waals surface area contributed by atoms with Gasteiger partial charge >= 0.3 is 0 Å². The van der Waals surface area contributed by atoms with E-state index in [1.165, 1.54) is 18.9 Å². The number of carbonyl (C=O) groups is 1. The van der Waals surface area contributed by atoms with Crippen LogP contribution in [-0.4, -0.2) is 44.1 Å². The van der Waals surface area contributed by atoms with Crippen molar-refractivity contribution in [3.63, 3.8) is 0 Å². The third-order valence-electron chi connectivity index (χ3n) is 3.79. The first-order valence-corrected chi connectivity index (χ1v) is 9.58. The number of ether oxygens (including phenoxy) is 3. The molecule has 0 bridgehead atoms. The van der Waals surface area contributed by atoms with E-state index >= 15 is 0 Å². The van der Waals surface area contributed by atoms with Gasteiger partial charge in [0.2, 0.25) is 5.91 Å². The number of nitrogens with one attached hydrogen (secondary N) is 1. The monoisotopic (exact) mass is 391 g/mol. The van der Waals surface area contributed by atoms with E-state index in [0.29, 0.717) is 23.7 Å². The Morgan fingerprint density at radius 1 is 1.11 bits per heavy atom. The van der Waals surface area contributed by atoms with E-state index in [9.17, 15) is 9.90 Å². The maximum Gasteiger partial charge on any atom is 0.230 e. The molecule has 0 aliphatic heterocycles. The molecule has 0 saturated heterocycles. The predicted octanol–water partition coefficient (Wildman–Crippen LogP) is 3.04. The highest BCUT2D eigenvalue weighted by Crippen LogP contribution is 2.29. The third-order valence-corrected chi connectivity index (χ3v) is 4.81. The van der Waals surface area contributed by atoms with Crippen molar-refractivity contribution in [1.29, 1.82) is 0 Å². The molecule has 2 aromatic carbocycles. The number of thioether (sulfide) groups is 1. The minimum absolute atomic E-state index is 0.0895. The van der Waals surface area contributed by atoms with Crippen LogP contribution < -0.4 is 19.5 Å². The second kappa shape index (κ2) is 10.7. The van der Waals surface area contributed by atoms with E-state index in [2.05, 4.69) is 5.32 Å². The maximum absolute atomic E-state index is 12.1. The molecule has 0 aliphatic rings.